The summed E-state index contributed by atoms with van der Waals surface area (Å²) in [5.41, 5.74) is 1.49. The SMILES string of the molecule is CCOP(=O)(OCC)C(O)C([Si])(CCC(=O)N(C)C1(Cc2ccccc2)CC1)NC(=O)[C@H](CC1CCCCC1)NC(=O)OCc1cccc(Cl)c1. The van der Waals surface area contributed by atoms with Gasteiger partial charge in [0.2, 0.25) is 11.8 Å². The van der Waals surface area contributed by atoms with Crippen molar-refractivity contribution in [1.29, 1.82) is 0 Å². The fourth-order valence-corrected chi connectivity index (χ4v) is 9.55. The minimum absolute atomic E-state index is 0.0292. The third kappa shape index (κ3) is 11.6. The van der Waals surface area contributed by atoms with Crippen LogP contribution in [-0.4, -0.2) is 81.0 Å². The Morgan fingerprint density at radius 1 is 1.04 bits per heavy atom. The molecular formula is C37H52ClN3O8PSi. The lowest BCUT2D eigenvalue weighted by Crippen LogP contribution is -2.62. The molecule has 0 spiro atoms. The Labute approximate surface area is 310 Å². The summed E-state index contributed by atoms with van der Waals surface area (Å²) in [6.45, 7) is 3.12. The number of aliphatic hydroxyl groups is 1. The zero-order valence-corrected chi connectivity index (χ0v) is 32.6. The Morgan fingerprint density at radius 3 is 2.29 bits per heavy atom. The number of likely N-dealkylation sites (N-methyl/N-ethyl adjacent to an activating group) is 1. The molecule has 0 heterocycles. The summed E-state index contributed by atoms with van der Waals surface area (Å²) in [5.74, 6) is -2.56. The van der Waals surface area contributed by atoms with Crippen molar-refractivity contribution >= 4 is 47.3 Å². The molecule has 3 amide bonds. The lowest BCUT2D eigenvalue weighted by atomic mass is 9.84. The first kappa shape index (κ1) is 41.0. The number of carbonyl (C=O) groups is 3. The van der Waals surface area contributed by atoms with E-state index in [2.05, 4.69) is 20.9 Å². The van der Waals surface area contributed by atoms with Gasteiger partial charge in [-0.2, -0.15) is 0 Å². The number of ether oxygens (including phenoxy) is 1. The van der Waals surface area contributed by atoms with E-state index in [4.69, 9.17) is 25.4 Å². The molecule has 14 heteroatoms. The van der Waals surface area contributed by atoms with Gasteiger partial charge in [-0.1, -0.05) is 86.2 Å². The average Bonchev–Trinajstić information content (AvgIpc) is 3.90. The number of hydrogen-bond acceptors (Lipinski definition) is 8. The second kappa shape index (κ2) is 18.8. The maximum atomic E-state index is 14.2. The molecule has 2 aliphatic carbocycles. The van der Waals surface area contributed by atoms with Crippen LogP contribution in [0.3, 0.4) is 0 Å². The van der Waals surface area contributed by atoms with Gasteiger partial charge in [-0.15, -0.1) is 0 Å². The van der Waals surface area contributed by atoms with Gasteiger partial charge < -0.3 is 34.4 Å². The minimum atomic E-state index is -4.23. The Kier molecular flexibility index (Phi) is 15.2. The zero-order chi connectivity index (χ0) is 37.1. The highest BCUT2D eigenvalue weighted by Gasteiger charge is 2.51. The molecule has 2 aromatic carbocycles. The van der Waals surface area contributed by atoms with E-state index < -0.39 is 36.6 Å². The van der Waals surface area contributed by atoms with Gasteiger partial charge in [-0.05, 0) is 75.1 Å². The second-order valence-corrected chi connectivity index (χ2v) is 17.1. The molecule has 0 aromatic heterocycles. The quantitative estimate of drug-likeness (QED) is 0.109. The fourth-order valence-electron chi connectivity index (χ4n) is 6.81. The van der Waals surface area contributed by atoms with Gasteiger partial charge in [0.15, 0.2) is 5.85 Å². The van der Waals surface area contributed by atoms with Crippen LogP contribution in [0.25, 0.3) is 0 Å². The van der Waals surface area contributed by atoms with Gasteiger partial charge >= 0.3 is 13.7 Å². The van der Waals surface area contributed by atoms with Gasteiger partial charge in [-0.25, -0.2) is 4.79 Å². The molecule has 279 valence electrons. The number of nitrogens with zero attached hydrogens (tertiary/aromatic N) is 1. The van der Waals surface area contributed by atoms with Crippen molar-refractivity contribution in [3.63, 3.8) is 0 Å². The molecular weight excluding hydrogens is 709 g/mol. The van der Waals surface area contributed by atoms with Crippen molar-refractivity contribution < 1.29 is 37.8 Å². The highest BCUT2D eigenvalue weighted by atomic mass is 35.5. The Morgan fingerprint density at radius 2 is 1.69 bits per heavy atom. The number of benzene rings is 2. The van der Waals surface area contributed by atoms with Gasteiger partial charge in [-0.3, -0.25) is 14.2 Å². The van der Waals surface area contributed by atoms with Crippen molar-refractivity contribution in [2.24, 2.45) is 5.92 Å². The maximum absolute atomic E-state index is 14.2. The Balaban J connectivity index is 1.53. The molecule has 2 aliphatic rings. The molecule has 4 rings (SSSR count). The van der Waals surface area contributed by atoms with Crippen LogP contribution in [0.2, 0.25) is 5.02 Å². The predicted molar refractivity (Wildman–Crippen MR) is 197 cm³/mol. The van der Waals surface area contributed by atoms with E-state index in [1.807, 2.05) is 30.3 Å². The van der Waals surface area contributed by atoms with Crippen LogP contribution < -0.4 is 10.6 Å². The third-order valence-corrected chi connectivity index (χ3v) is 13.3. The molecule has 2 fully saturated rings. The molecule has 51 heavy (non-hydrogen) atoms. The lowest BCUT2D eigenvalue weighted by Gasteiger charge is -2.40. The van der Waals surface area contributed by atoms with Crippen LogP contribution in [0, 0.1) is 5.92 Å². The van der Waals surface area contributed by atoms with Crippen LogP contribution in [0.4, 0.5) is 4.79 Å². The molecule has 2 unspecified atom stereocenters. The summed E-state index contributed by atoms with van der Waals surface area (Å²) in [5, 5.41) is 15.9. The van der Waals surface area contributed by atoms with Gasteiger partial charge in [0.25, 0.3) is 0 Å². The Hall–Kier alpha value is -2.73. The van der Waals surface area contributed by atoms with Gasteiger partial charge in [0.05, 0.1) is 28.6 Å². The molecule has 3 N–H and O–H groups in total. The molecule has 3 radical (unpaired) electrons. The van der Waals surface area contributed by atoms with E-state index in [1.54, 1.807) is 50.1 Å². The predicted octanol–water partition coefficient (Wildman–Crippen LogP) is 6.48. The van der Waals surface area contributed by atoms with E-state index in [1.165, 1.54) is 0 Å². The molecule has 11 nitrogen and oxygen atoms in total. The van der Waals surface area contributed by atoms with Crippen molar-refractivity contribution in [2.45, 2.75) is 114 Å². The largest absolute Gasteiger partial charge is 0.445 e. The van der Waals surface area contributed by atoms with Crippen LogP contribution in [0.15, 0.2) is 54.6 Å². The number of hydrogen-bond donors (Lipinski definition) is 3. The average molecular weight is 761 g/mol. The number of amides is 3. The second-order valence-electron chi connectivity index (χ2n) is 13.7. The molecule has 0 saturated heterocycles. The summed E-state index contributed by atoms with van der Waals surface area (Å²) in [6.07, 6.45) is 6.65. The zero-order valence-electron chi connectivity index (χ0n) is 29.9. The maximum Gasteiger partial charge on any atom is 0.408 e. The standard InChI is InChI=1S/C37H52ClN3O8PSi/c1-4-48-50(46,49-5-2)34(44)37(51,20-19-32(42)41(3)36(21-22-36)25-28-15-10-7-11-16-28)40-33(43)31(24-27-13-8-6-9-14-27)39-35(45)47-26-29-17-12-18-30(38)23-29/h7,10-12,15-18,23,27,31,34,44H,4-6,8-9,13-14,19-22,24-26H2,1-3H3,(H,39,45)(H,40,43)/t31-,34?,37?/m0/s1. The van der Waals surface area contributed by atoms with Crippen LogP contribution in [-0.2, 0) is 41.0 Å². The smallest absolute Gasteiger partial charge is 0.408 e. The number of carbonyl (C=O) groups excluding carboxylic acids is 3. The number of alkyl carbamates (subject to hydrolysis) is 1. The summed E-state index contributed by atoms with van der Waals surface area (Å²) in [6, 6.07) is 15.8. The van der Waals surface area contributed by atoms with E-state index in [0.29, 0.717) is 23.4 Å². The topological polar surface area (TPSA) is 144 Å². The van der Waals surface area contributed by atoms with E-state index in [0.717, 1.165) is 50.5 Å². The summed E-state index contributed by atoms with van der Waals surface area (Å²) < 4.78 is 30.3. The normalized spacial score (nSPS) is 18.2. The lowest BCUT2D eigenvalue weighted by molar-refractivity contribution is -0.134. The number of rotatable bonds is 19. The minimum Gasteiger partial charge on any atom is -0.445 e. The highest BCUT2D eigenvalue weighted by Crippen LogP contribution is 2.55. The number of nitrogens with one attached hydrogen (secondary N) is 2. The van der Waals surface area contributed by atoms with Crippen molar-refractivity contribution in [3.05, 3.63) is 70.7 Å². The first-order valence-corrected chi connectivity index (χ1v) is 20.4. The van der Waals surface area contributed by atoms with E-state index >= 15 is 0 Å². The van der Waals surface area contributed by atoms with E-state index in [-0.39, 0.29) is 50.0 Å². The monoisotopic (exact) mass is 760 g/mol. The Bertz CT molecular complexity index is 1500. The molecule has 2 aromatic rings. The van der Waals surface area contributed by atoms with Crippen molar-refractivity contribution in [1.82, 2.24) is 15.5 Å². The van der Waals surface area contributed by atoms with Crippen LogP contribution in [0.5, 0.6) is 0 Å². The van der Waals surface area contributed by atoms with Crippen molar-refractivity contribution in [2.75, 3.05) is 20.3 Å². The molecule has 3 atom stereocenters. The van der Waals surface area contributed by atoms with E-state index in [9.17, 15) is 24.1 Å². The molecule has 2 saturated carbocycles. The molecule has 0 aliphatic heterocycles. The van der Waals surface area contributed by atoms with Gasteiger partial charge in [0, 0.05) is 24.0 Å². The van der Waals surface area contributed by atoms with Gasteiger partial charge in [0.1, 0.15) is 12.6 Å². The highest BCUT2D eigenvalue weighted by molar-refractivity contribution is 7.54. The number of aliphatic hydroxyl groups excluding tert-OH is 1. The number of halogens is 1. The van der Waals surface area contributed by atoms with Crippen molar-refractivity contribution in [3.8, 4) is 0 Å². The molecule has 0 bridgehead atoms. The summed E-state index contributed by atoms with van der Waals surface area (Å²) in [4.78, 5) is 42.7. The third-order valence-electron chi connectivity index (χ3n) is 9.89. The summed E-state index contributed by atoms with van der Waals surface area (Å²) in [7, 11) is 1.12. The first-order valence-electron chi connectivity index (χ1n) is 18.0. The first-order chi connectivity index (χ1) is 24.3. The fraction of sp³-hybridized carbons (Fsp3) is 0.595. The van der Waals surface area contributed by atoms with Crippen LogP contribution >= 0.6 is 19.2 Å². The van der Waals surface area contributed by atoms with Crippen LogP contribution in [0.1, 0.15) is 89.2 Å². The summed E-state index contributed by atoms with van der Waals surface area (Å²) >= 11 is 6.08.